The lowest BCUT2D eigenvalue weighted by molar-refractivity contribution is 0.0116. The van der Waals surface area contributed by atoms with Crippen molar-refractivity contribution in [2.75, 3.05) is 13.6 Å². The third-order valence-electron chi connectivity index (χ3n) is 3.99. The number of halogens is 3. The van der Waals surface area contributed by atoms with Crippen molar-refractivity contribution in [1.29, 1.82) is 0 Å². The van der Waals surface area contributed by atoms with Gasteiger partial charge in [0.2, 0.25) is 0 Å². The van der Waals surface area contributed by atoms with Gasteiger partial charge in [-0.25, -0.2) is 22.8 Å². The van der Waals surface area contributed by atoms with E-state index >= 15 is 0 Å². The van der Waals surface area contributed by atoms with E-state index in [1.165, 1.54) is 30.2 Å². The van der Waals surface area contributed by atoms with Crippen molar-refractivity contribution in [3.8, 4) is 0 Å². The van der Waals surface area contributed by atoms with E-state index in [1.54, 1.807) is 0 Å². The second-order valence-corrected chi connectivity index (χ2v) is 5.89. The average Bonchev–Trinajstić information content (AvgIpc) is 3.18. The number of carbonyl (C=O) groups excluding carboxylic acids is 2. The van der Waals surface area contributed by atoms with Gasteiger partial charge in [0.25, 0.3) is 17.7 Å². The van der Waals surface area contributed by atoms with Crippen LogP contribution in [0.1, 0.15) is 27.4 Å². The van der Waals surface area contributed by atoms with Crippen LogP contribution in [0.3, 0.4) is 0 Å². The molecular formula is C15H15F3N6O2. The molecule has 3 rings (SSSR count). The highest BCUT2D eigenvalue weighted by Crippen LogP contribution is 2.33. The zero-order chi connectivity index (χ0) is 18.9. The maximum Gasteiger partial charge on any atom is 0.276 e. The van der Waals surface area contributed by atoms with E-state index in [-0.39, 0.29) is 12.2 Å². The molecule has 2 amide bonds. The van der Waals surface area contributed by atoms with Crippen molar-refractivity contribution in [2.24, 2.45) is 0 Å². The second-order valence-electron chi connectivity index (χ2n) is 5.89. The lowest BCUT2D eigenvalue weighted by atomic mass is 10.2. The summed E-state index contributed by atoms with van der Waals surface area (Å²) in [4.78, 5) is 28.5. The fourth-order valence-corrected chi connectivity index (χ4v) is 2.81. The molecule has 3 heterocycles. The van der Waals surface area contributed by atoms with Crippen LogP contribution in [-0.4, -0.2) is 62.2 Å². The molecule has 0 aromatic carbocycles. The Hall–Kier alpha value is -2.98. The summed E-state index contributed by atoms with van der Waals surface area (Å²) in [7, 11) is 1.42. The molecule has 0 saturated carbocycles. The molecule has 138 valence electrons. The number of hydrogen-bond donors (Lipinski definition) is 1. The fraction of sp³-hybridized carbons (Fsp3) is 0.400. The number of hydrogen-bond acceptors (Lipinski definition) is 5. The van der Waals surface area contributed by atoms with Gasteiger partial charge in [0.15, 0.2) is 17.2 Å². The van der Waals surface area contributed by atoms with Gasteiger partial charge in [0, 0.05) is 19.7 Å². The molecular weight excluding hydrogens is 353 g/mol. The molecule has 2 aromatic rings. The van der Waals surface area contributed by atoms with Gasteiger partial charge in [-0.05, 0) is 12.1 Å². The van der Waals surface area contributed by atoms with Gasteiger partial charge in [-0.2, -0.15) is 0 Å². The Balaban J connectivity index is 1.82. The van der Waals surface area contributed by atoms with E-state index in [9.17, 15) is 22.8 Å². The Morgan fingerprint density at radius 1 is 1.42 bits per heavy atom. The predicted molar refractivity (Wildman–Crippen MR) is 82.0 cm³/mol. The third-order valence-corrected chi connectivity index (χ3v) is 3.99. The predicted octanol–water partition coefficient (Wildman–Crippen LogP) is 0.722. The molecule has 0 unspecified atom stereocenters. The summed E-state index contributed by atoms with van der Waals surface area (Å²) in [5, 5.41) is 9.73. The SMILES string of the molecule is CNC(=O)c1cn(C[C@@H]2CC(F)(F)CN2C(=O)c2ncccc2F)nn1. The van der Waals surface area contributed by atoms with Crippen molar-refractivity contribution in [2.45, 2.75) is 24.9 Å². The van der Waals surface area contributed by atoms with Crippen LogP contribution >= 0.6 is 0 Å². The first-order valence-electron chi connectivity index (χ1n) is 7.72. The number of nitrogens with one attached hydrogen (secondary N) is 1. The molecule has 0 aliphatic carbocycles. The van der Waals surface area contributed by atoms with Crippen molar-refractivity contribution in [1.82, 2.24) is 30.2 Å². The van der Waals surface area contributed by atoms with Crippen molar-refractivity contribution < 1.29 is 22.8 Å². The number of nitrogens with zero attached hydrogens (tertiary/aromatic N) is 5. The molecule has 2 aromatic heterocycles. The lowest BCUT2D eigenvalue weighted by Crippen LogP contribution is -2.39. The number of carbonyl (C=O) groups is 2. The Bertz CT molecular complexity index is 840. The Morgan fingerprint density at radius 3 is 2.88 bits per heavy atom. The second kappa shape index (κ2) is 6.73. The van der Waals surface area contributed by atoms with Crippen LogP contribution in [0.25, 0.3) is 0 Å². The monoisotopic (exact) mass is 368 g/mol. The number of aromatic nitrogens is 4. The van der Waals surface area contributed by atoms with Gasteiger partial charge >= 0.3 is 0 Å². The zero-order valence-corrected chi connectivity index (χ0v) is 13.7. The standard InChI is InChI=1S/C15H15F3N6O2/c1-19-13(25)11-7-23(22-21-11)6-9-5-15(17,18)8-24(9)14(26)12-10(16)3-2-4-20-12/h2-4,7,9H,5-6,8H2,1H3,(H,19,25)/t9-/m0/s1. The highest BCUT2D eigenvalue weighted by atomic mass is 19.3. The summed E-state index contributed by atoms with van der Waals surface area (Å²) >= 11 is 0. The number of alkyl halides is 2. The summed E-state index contributed by atoms with van der Waals surface area (Å²) in [6.45, 7) is -0.955. The average molecular weight is 368 g/mol. The largest absolute Gasteiger partial charge is 0.354 e. The molecule has 0 bridgehead atoms. The van der Waals surface area contributed by atoms with Gasteiger partial charge < -0.3 is 10.2 Å². The summed E-state index contributed by atoms with van der Waals surface area (Å²) in [5.74, 6) is -5.39. The van der Waals surface area contributed by atoms with Crippen LogP contribution in [0, 0.1) is 5.82 Å². The van der Waals surface area contributed by atoms with Crippen LogP contribution in [0.2, 0.25) is 0 Å². The minimum atomic E-state index is -3.12. The number of likely N-dealkylation sites (tertiary alicyclic amines) is 1. The number of pyridine rings is 1. The normalized spacial score (nSPS) is 18.8. The van der Waals surface area contributed by atoms with E-state index in [4.69, 9.17) is 0 Å². The van der Waals surface area contributed by atoms with Crippen LogP contribution in [0.15, 0.2) is 24.5 Å². The van der Waals surface area contributed by atoms with E-state index in [0.29, 0.717) is 0 Å². The third kappa shape index (κ3) is 3.51. The molecule has 1 fully saturated rings. The van der Waals surface area contributed by atoms with Crippen LogP contribution < -0.4 is 5.32 Å². The number of rotatable bonds is 4. The minimum absolute atomic E-state index is 0.0194. The first-order valence-corrected chi connectivity index (χ1v) is 7.72. The van der Waals surface area contributed by atoms with Crippen LogP contribution in [0.5, 0.6) is 0 Å². The molecule has 0 spiro atoms. The highest BCUT2D eigenvalue weighted by molar-refractivity contribution is 5.93. The molecule has 26 heavy (non-hydrogen) atoms. The summed E-state index contributed by atoms with van der Waals surface area (Å²) < 4.78 is 42.8. The Labute approximate surface area is 146 Å². The van der Waals surface area contributed by atoms with Crippen LogP contribution in [0.4, 0.5) is 13.2 Å². The van der Waals surface area contributed by atoms with Crippen molar-refractivity contribution in [3.05, 3.63) is 41.7 Å². The number of amides is 2. The molecule has 11 heteroatoms. The van der Waals surface area contributed by atoms with Crippen molar-refractivity contribution in [3.63, 3.8) is 0 Å². The molecule has 1 N–H and O–H groups in total. The first-order chi connectivity index (χ1) is 12.3. The van der Waals surface area contributed by atoms with Gasteiger partial charge in [-0.1, -0.05) is 5.21 Å². The van der Waals surface area contributed by atoms with Crippen LogP contribution in [-0.2, 0) is 6.54 Å². The summed E-state index contributed by atoms with van der Waals surface area (Å²) in [5.41, 5.74) is -0.495. The molecule has 1 atom stereocenters. The topological polar surface area (TPSA) is 93.0 Å². The summed E-state index contributed by atoms with van der Waals surface area (Å²) in [6, 6.07) is 1.40. The highest BCUT2D eigenvalue weighted by Gasteiger charge is 2.48. The zero-order valence-electron chi connectivity index (χ0n) is 13.7. The molecule has 1 saturated heterocycles. The van der Waals surface area contributed by atoms with E-state index in [1.807, 2.05) is 0 Å². The maximum atomic E-state index is 13.9. The molecule has 1 aliphatic heterocycles. The quantitative estimate of drug-likeness (QED) is 0.859. The Morgan fingerprint density at radius 2 is 2.19 bits per heavy atom. The summed E-state index contributed by atoms with van der Waals surface area (Å²) in [6.07, 6.45) is 1.90. The molecule has 0 radical (unpaired) electrons. The fourth-order valence-electron chi connectivity index (χ4n) is 2.81. The van der Waals surface area contributed by atoms with Gasteiger partial charge in [0.05, 0.1) is 25.3 Å². The van der Waals surface area contributed by atoms with Gasteiger partial charge in [0.1, 0.15) is 0 Å². The van der Waals surface area contributed by atoms with Crippen molar-refractivity contribution >= 4 is 11.8 Å². The lowest BCUT2D eigenvalue weighted by Gasteiger charge is -2.23. The first kappa shape index (κ1) is 17.8. The van der Waals surface area contributed by atoms with Gasteiger partial charge in [-0.3, -0.25) is 9.59 Å². The maximum absolute atomic E-state index is 13.9. The van der Waals surface area contributed by atoms with Gasteiger partial charge in [-0.15, -0.1) is 5.10 Å². The van der Waals surface area contributed by atoms with E-state index < -0.39 is 48.3 Å². The smallest absolute Gasteiger partial charge is 0.276 e. The molecule has 1 aliphatic rings. The van der Waals surface area contributed by atoms with E-state index in [0.717, 1.165) is 11.0 Å². The Kier molecular flexibility index (Phi) is 4.62. The van der Waals surface area contributed by atoms with E-state index in [2.05, 4.69) is 20.6 Å². The minimum Gasteiger partial charge on any atom is -0.354 e. The molecule has 8 nitrogen and oxygen atoms in total.